The molecule has 0 bridgehead atoms. The van der Waals surface area contributed by atoms with Crippen molar-refractivity contribution in [1.29, 1.82) is 0 Å². The smallest absolute Gasteiger partial charge is 0.147 e. The van der Waals surface area contributed by atoms with Crippen LogP contribution in [0.1, 0.15) is 18.4 Å². The molecule has 0 fully saturated rings. The number of benzene rings is 1. The van der Waals surface area contributed by atoms with Crippen molar-refractivity contribution in [3.05, 3.63) is 34.3 Å². The number of sulfone groups is 1. The fraction of sp³-hybridized carbons (Fsp3) is 0.571. The van der Waals surface area contributed by atoms with Crippen LogP contribution in [-0.4, -0.2) is 34.0 Å². The summed E-state index contributed by atoms with van der Waals surface area (Å²) in [6, 6.07) is 8.29. The molecule has 3 nitrogen and oxygen atoms in total. The van der Waals surface area contributed by atoms with Gasteiger partial charge in [0.25, 0.3) is 0 Å². The molecule has 0 aliphatic rings. The van der Waals surface area contributed by atoms with Gasteiger partial charge in [-0.2, -0.15) is 0 Å². The molecule has 0 spiro atoms. The summed E-state index contributed by atoms with van der Waals surface area (Å²) >= 11 is 3.47. The van der Waals surface area contributed by atoms with Crippen LogP contribution in [0.4, 0.5) is 0 Å². The fourth-order valence-electron chi connectivity index (χ4n) is 2.20. The maximum absolute atomic E-state index is 11.2. The zero-order valence-electron chi connectivity index (χ0n) is 11.5. The third kappa shape index (κ3) is 7.70. The molecule has 0 saturated carbocycles. The Balaban J connectivity index is 2.52. The van der Waals surface area contributed by atoms with E-state index in [2.05, 4.69) is 33.4 Å². The van der Waals surface area contributed by atoms with Gasteiger partial charge in [0.1, 0.15) is 9.84 Å². The normalized spacial score (nSPS) is 13.4. The highest BCUT2D eigenvalue weighted by Gasteiger charge is 2.11. The molecule has 1 unspecified atom stereocenters. The van der Waals surface area contributed by atoms with E-state index in [1.807, 2.05) is 19.2 Å². The number of nitrogens with one attached hydrogen (secondary N) is 1. The van der Waals surface area contributed by atoms with Gasteiger partial charge in [0, 0.05) is 16.5 Å². The largest absolute Gasteiger partial charge is 0.319 e. The standard InChI is InChI=1S/C14H22BrNO2S/c1-16-11-13(6-4-8-19(2,17)18)9-12-5-3-7-14(15)10-12/h3,5,7,10,13,16H,4,6,8-9,11H2,1-2H3. The average Bonchev–Trinajstić information content (AvgIpc) is 2.27. The van der Waals surface area contributed by atoms with Gasteiger partial charge in [-0.1, -0.05) is 28.1 Å². The predicted molar refractivity (Wildman–Crippen MR) is 84.2 cm³/mol. The molecule has 5 heteroatoms. The Bertz CT molecular complexity index is 488. The highest BCUT2D eigenvalue weighted by atomic mass is 79.9. The zero-order chi connectivity index (χ0) is 14.3. The highest BCUT2D eigenvalue weighted by Crippen LogP contribution is 2.18. The van der Waals surface area contributed by atoms with Crippen LogP contribution in [0.15, 0.2) is 28.7 Å². The maximum atomic E-state index is 11.2. The molecule has 108 valence electrons. The van der Waals surface area contributed by atoms with E-state index in [-0.39, 0.29) is 5.75 Å². The van der Waals surface area contributed by atoms with Gasteiger partial charge in [0.05, 0.1) is 0 Å². The number of hydrogen-bond donors (Lipinski definition) is 1. The van der Waals surface area contributed by atoms with Crippen LogP contribution in [0.3, 0.4) is 0 Å². The van der Waals surface area contributed by atoms with Gasteiger partial charge in [0.2, 0.25) is 0 Å². The van der Waals surface area contributed by atoms with Crippen molar-refractivity contribution in [1.82, 2.24) is 5.32 Å². The molecule has 0 aromatic heterocycles. The van der Waals surface area contributed by atoms with Crippen LogP contribution in [0, 0.1) is 5.92 Å². The van der Waals surface area contributed by atoms with Gasteiger partial charge in [-0.25, -0.2) is 8.42 Å². The summed E-state index contributed by atoms with van der Waals surface area (Å²) in [6.45, 7) is 0.913. The SMILES string of the molecule is CNCC(CCCS(C)(=O)=O)Cc1cccc(Br)c1. The molecule has 1 N–H and O–H groups in total. The number of rotatable bonds is 8. The Morgan fingerprint density at radius 2 is 2.11 bits per heavy atom. The Hall–Kier alpha value is -0.390. The molecular formula is C14H22BrNO2S. The van der Waals surface area contributed by atoms with Crippen molar-refractivity contribution in [2.24, 2.45) is 5.92 Å². The Kier molecular flexibility index (Phi) is 7.04. The van der Waals surface area contributed by atoms with Gasteiger partial charge in [0.15, 0.2) is 0 Å². The summed E-state index contributed by atoms with van der Waals surface area (Å²) < 4.78 is 23.4. The Morgan fingerprint density at radius 1 is 1.37 bits per heavy atom. The van der Waals surface area contributed by atoms with Crippen molar-refractivity contribution >= 4 is 25.8 Å². The minimum atomic E-state index is -2.84. The summed E-state index contributed by atoms with van der Waals surface area (Å²) in [5.41, 5.74) is 1.29. The van der Waals surface area contributed by atoms with Crippen LogP contribution < -0.4 is 5.32 Å². The first-order valence-electron chi connectivity index (χ1n) is 6.47. The topological polar surface area (TPSA) is 46.2 Å². The van der Waals surface area contributed by atoms with Crippen LogP contribution in [0.5, 0.6) is 0 Å². The van der Waals surface area contributed by atoms with E-state index in [0.29, 0.717) is 5.92 Å². The summed E-state index contributed by atoms with van der Waals surface area (Å²) in [4.78, 5) is 0. The molecule has 0 saturated heterocycles. The van der Waals surface area contributed by atoms with E-state index in [1.165, 1.54) is 11.8 Å². The van der Waals surface area contributed by atoms with E-state index in [9.17, 15) is 8.42 Å². The van der Waals surface area contributed by atoms with E-state index in [1.54, 1.807) is 0 Å². The lowest BCUT2D eigenvalue weighted by Gasteiger charge is -2.16. The van der Waals surface area contributed by atoms with Gasteiger partial charge in [-0.05, 0) is 56.5 Å². The average molecular weight is 348 g/mol. The second-order valence-electron chi connectivity index (χ2n) is 5.03. The fourth-order valence-corrected chi connectivity index (χ4v) is 3.33. The van der Waals surface area contributed by atoms with E-state index < -0.39 is 9.84 Å². The first-order valence-corrected chi connectivity index (χ1v) is 9.33. The quantitative estimate of drug-likeness (QED) is 0.786. The van der Waals surface area contributed by atoms with Crippen LogP contribution in [-0.2, 0) is 16.3 Å². The van der Waals surface area contributed by atoms with Crippen molar-refractivity contribution in [3.63, 3.8) is 0 Å². The number of hydrogen-bond acceptors (Lipinski definition) is 3. The van der Waals surface area contributed by atoms with Gasteiger partial charge < -0.3 is 5.32 Å². The first-order chi connectivity index (χ1) is 8.90. The lowest BCUT2D eigenvalue weighted by atomic mass is 9.95. The Morgan fingerprint density at radius 3 is 2.68 bits per heavy atom. The molecule has 0 amide bonds. The zero-order valence-corrected chi connectivity index (χ0v) is 13.9. The lowest BCUT2D eigenvalue weighted by molar-refractivity contribution is 0.455. The molecule has 1 aromatic rings. The second-order valence-corrected chi connectivity index (χ2v) is 8.21. The van der Waals surface area contributed by atoms with Crippen LogP contribution in [0.2, 0.25) is 0 Å². The van der Waals surface area contributed by atoms with Gasteiger partial charge in [-0.15, -0.1) is 0 Å². The highest BCUT2D eigenvalue weighted by molar-refractivity contribution is 9.10. The minimum Gasteiger partial charge on any atom is -0.319 e. The van der Waals surface area contributed by atoms with E-state index >= 15 is 0 Å². The lowest BCUT2D eigenvalue weighted by Crippen LogP contribution is -2.21. The third-order valence-corrected chi connectivity index (χ3v) is 4.56. The van der Waals surface area contributed by atoms with E-state index in [0.717, 1.165) is 30.3 Å². The molecule has 1 rings (SSSR count). The summed E-state index contributed by atoms with van der Waals surface area (Å²) in [7, 11) is -0.907. The molecular weight excluding hydrogens is 326 g/mol. The molecule has 19 heavy (non-hydrogen) atoms. The van der Waals surface area contributed by atoms with Crippen LogP contribution >= 0.6 is 15.9 Å². The molecule has 0 radical (unpaired) electrons. The maximum Gasteiger partial charge on any atom is 0.147 e. The van der Waals surface area contributed by atoms with Gasteiger partial charge >= 0.3 is 0 Å². The third-order valence-electron chi connectivity index (χ3n) is 3.03. The van der Waals surface area contributed by atoms with Crippen molar-refractivity contribution in [2.75, 3.05) is 25.6 Å². The molecule has 0 aliphatic carbocycles. The molecule has 0 aliphatic heterocycles. The summed E-state index contributed by atoms with van der Waals surface area (Å²) in [6.07, 6.45) is 3.94. The molecule has 0 heterocycles. The summed E-state index contributed by atoms with van der Waals surface area (Å²) in [5, 5.41) is 3.19. The van der Waals surface area contributed by atoms with E-state index in [4.69, 9.17) is 0 Å². The predicted octanol–water partition coefficient (Wildman–Crippen LogP) is 2.65. The van der Waals surface area contributed by atoms with Gasteiger partial charge in [-0.3, -0.25) is 0 Å². The monoisotopic (exact) mass is 347 g/mol. The second kappa shape index (κ2) is 8.02. The Labute approximate surface area is 124 Å². The van der Waals surface area contributed by atoms with Crippen molar-refractivity contribution < 1.29 is 8.42 Å². The van der Waals surface area contributed by atoms with Crippen molar-refractivity contribution in [3.8, 4) is 0 Å². The van der Waals surface area contributed by atoms with Crippen LogP contribution in [0.25, 0.3) is 0 Å². The summed E-state index contributed by atoms with van der Waals surface area (Å²) in [5.74, 6) is 0.757. The minimum absolute atomic E-state index is 0.283. The molecule has 1 atom stereocenters. The van der Waals surface area contributed by atoms with Crippen molar-refractivity contribution in [2.45, 2.75) is 19.3 Å². The number of halogens is 1. The molecule has 1 aromatic carbocycles. The first kappa shape index (κ1) is 16.7.